The summed E-state index contributed by atoms with van der Waals surface area (Å²) in [6, 6.07) is 7.61. The molecule has 35 heavy (non-hydrogen) atoms. The number of fused-ring (bicyclic) bond motifs is 1. The molecule has 1 aromatic carbocycles. The van der Waals surface area contributed by atoms with Gasteiger partial charge in [0.05, 0.1) is 23.7 Å². The van der Waals surface area contributed by atoms with Crippen LogP contribution in [-0.2, 0) is 11.2 Å². The summed E-state index contributed by atoms with van der Waals surface area (Å²) in [5.74, 6) is 0.764. The predicted molar refractivity (Wildman–Crippen MR) is 138 cm³/mol. The van der Waals surface area contributed by atoms with Gasteiger partial charge in [-0.05, 0) is 86.9 Å². The fourth-order valence-corrected chi connectivity index (χ4v) is 5.96. The van der Waals surface area contributed by atoms with E-state index in [9.17, 15) is 15.0 Å². The standard InChI is InChI=1S/C27H35N3O4S/c1-34-21-6-7-24-23(17-21)22(10-12-28-24)25(31)8-4-19-11-15-30(18-20(19)5-9-27(32)33)14-2-3-26-29-13-16-35-26/h6-7,10,12-13,16-17,19-20,25,31H,2-5,8-9,11,14-15,18H2,1H3,(H,32,33)/t19?,20?,25-/m0/s1. The number of thiazole rings is 1. The van der Waals surface area contributed by atoms with E-state index >= 15 is 0 Å². The minimum absolute atomic E-state index is 0.200. The van der Waals surface area contributed by atoms with Gasteiger partial charge in [0.25, 0.3) is 0 Å². The molecule has 3 heterocycles. The molecule has 2 N–H and O–H groups in total. The molecule has 2 aromatic heterocycles. The van der Waals surface area contributed by atoms with Crippen LogP contribution in [0.25, 0.3) is 10.9 Å². The molecule has 3 aromatic rings. The van der Waals surface area contributed by atoms with Gasteiger partial charge >= 0.3 is 5.97 Å². The molecule has 0 radical (unpaired) electrons. The number of aromatic nitrogens is 2. The molecular weight excluding hydrogens is 462 g/mol. The van der Waals surface area contributed by atoms with Crippen LogP contribution in [0.1, 0.15) is 55.2 Å². The van der Waals surface area contributed by atoms with Gasteiger partial charge in [0, 0.05) is 42.5 Å². The Morgan fingerprint density at radius 2 is 2.11 bits per heavy atom. The van der Waals surface area contributed by atoms with Crippen LogP contribution in [0.3, 0.4) is 0 Å². The summed E-state index contributed by atoms with van der Waals surface area (Å²) < 4.78 is 5.37. The third-order valence-corrected chi connectivity index (χ3v) is 8.04. The number of nitrogens with zero attached hydrogens (tertiary/aromatic N) is 3. The Morgan fingerprint density at radius 3 is 2.89 bits per heavy atom. The molecule has 188 valence electrons. The van der Waals surface area contributed by atoms with Crippen molar-refractivity contribution < 1.29 is 19.7 Å². The number of carboxylic acids is 1. The SMILES string of the molecule is COc1ccc2nccc([C@@H](O)CCC3CCN(CCCc4nccs4)CC3CCC(=O)O)c2c1. The van der Waals surface area contributed by atoms with Gasteiger partial charge in [-0.3, -0.25) is 9.78 Å². The largest absolute Gasteiger partial charge is 0.497 e. The number of aliphatic hydroxyl groups excluding tert-OH is 1. The van der Waals surface area contributed by atoms with Gasteiger partial charge in [-0.1, -0.05) is 0 Å². The molecule has 0 spiro atoms. The lowest BCUT2D eigenvalue weighted by Crippen LogP contribution is -2.41. The molecule has 3 atom stereocenters. The molecule has 1 saturated heterocycles. The number of aliphatic carboxylic acids is 1. The molecule has 0 amide bonds. The summed E-state index contributed by atoms with van der Waals surface area (Å²) in [6.45, 7) is 2.97. The van der Waals surface area contributed by atoms with E-state index in [-0.39, 0.29) is 6.42 Å². The van der Waals surface area contributed by atoms with E-state index in [2.05, 4.69) is 14.9 Å². The number of benzene rings is 1. The van der Waals surface area contributed by atoms with Gasteiger partial charge in [-0.25, -0.2) is 4.98 Å². The zero-order chi connectivity index (χ0) is 24.6. The highest BCUT2D eigenvalue weighted by Gasteiger charge is 2.30. The number of piperidine rings is 1. The van der Waals surface area contributed by atoms with Crippen LogP contribution < -0.4 is 4.74 Å². The number of carbonyl (C=O) groups is 1. The fourth-order valence-electron chi connectivity index (χ4n) is 5.30. The molecule has 2 unspecified atom stereocenters. The van der Waals surface area contributed by atoms with Crippen molar-refractivity contribution in [2.75, 3.05) is 26.7 Å². The van der Waals surface area contributed by atoms with E-state index in [1.54, 1.807) is 24.6 Å². The molecule has 1 aliphatic heterocycles. The summed E-state index contributed by atoms with van der Waals surface area (Å²) in [6.07, 6.45) is 8.53. The zero-order valence-electron chi connectivity index (χ0n) is 20.3. The number of likely N-dealkylation sites (tertiary alicyclic amines) is 1. The number of methoxy groups -OCH3 is 1. The van der Waals surface area contributed by atoms with Gasteiger partial charge < -0.3 is 19.8 Å². The van der Waals surface area contributed by atoms with Crippen LogP contribution in [0.5, 0.6) is 5.75 Å². The molecule has 0 aliphatic carbocycles. The minimum atomic E-state index is -0.734. The number of pyridine rings is 1. The molecule has 0 bridgehead atoms. The van der Waals surface area contributed by atoms with Crippen LogP contribution >= 0.6 is 11.3 Å². The lowest BCUT2D eigenvalue weighted by atomic mass is 9.79. The number of carboxylic acid groups (broad SMARTS) is 1. The Bertz CT molecular complexity index is 1090. The summed E-state index contributed by atoms with van der Waals surface area (Å²) in [5, 5.41) is 24.5. The Hall–Kier alpha value is -2.55. The summed E-state index contributed by atoms with van der Waals surface area (Å²) >= 11 is 1.70. The third-order valence-electron chi connectivity index (χ3n) is 7.21. The van der Waals surface area contributed by atoms with Gasteiger partial charge in [0.1, 0.15) is 5.75 Å². The van der Waals surface area contributed by atoms with Gasteiger partial charge in [0.15, 0.2) is 0 Å². The van der Waals surface area contributed by atoms with E-state index in [0.29, 0.717) is 24.7 Å². The summed E-state index contributed by atoms with van der Waals surface area (Å²) in [4.78, 5) is 22.6. The van der Waals surface area contributed by atoms with Crippen LogP contribution in [-0.4, -0.2) is 57.8 Å². The first-order valence-electron chi connectivity index (χ1n) is 12.5. The molecule has 7 nitrogen and oxygen atoms in total. The fraction of sp³-hybridized carbons (Fsp3) is 0.519. The molecule has 4 rings (SSSR count). The Labute approximate surface area is 210 Å². The Morgan fingerprint density at radius 1 is 1.23 bits per heavy atom. The molecule has 0 saturated carbocycles. The van der Waals surface area contributed by atoms with Gasteiger partial charge in [-0.2, -0.15) is 0 Å². The second-order valence-corrected chi connectivity index (χ2v) is 10.4. The van der Waals surface area contributed by atoms with Crippen LogP contribution in [0.4, 0.5) is 0 Å². The second kappa shape index (κ2) is 12.4. The van der Waals surface area contributed by atoms with Crippen molar-refractivity contribution in [1.29, 1.82) is 0 Å². The first kappa shape index (κ1) is 25.5. The highest BCUT2D eigenvalue weighted by atomic mass is 32.1. The molecule has 1 fully saturated rings. The van der Waals surface area contributed by atoms with Crippen molar-refractivity contribution in [2.45, 2.75) is 51.0 Å². The average molecular weight is 498 g/mol. The van der Waals surface area contributed by atoms with E-state index in [1.165, 1.54) is 5.01 Å². The van der Waals surface area contributed by atoms with Crippen molar-refractivity contribution in [3.63, 3.8) is 0 Å². The normalized spacial score (nSPS) is 19.6. The van der Waals surface area contributed by atoms with Crippen molar-refractivity contribution in [3.05, 3.63) is 52.6 Å². The summed E-state index contributed by atoms with van der Waals surface area (Å²) in [5.41, 5.74) is 1.71. The van der Waals surface area contributed by atoms with Gasteiger partial charge in [-0.15, -0.1) is 11.3 Å². The van der Waals surface area contributed by atoms with E-state index in [1.807, 2.05) is 35.8 Å². The maximum absolute atomic E-state index is 11.3. The van der Waals surface area contributed by atoms with Crippen molar-refractivity contribution in [1.82, 2.24) is 14.9 Å². The minimum Gasteiger partial charge on any atom is -0.497 e. The number of hydrogen-bond donors (Lipinski definition) is 2. The van der Waals surface area contributed by atoms with Crippen LogP contribution in [0.15, 0.2) is 42.0 Å². The highest BCUT2D eigenvalue weighted by Crippen LogP contribution is 2.35. The second-order valence-electron chi connectivity index (χ2n) is 9.45. The van der Waals surface area contributed by atoms with E-state index < -0.39 is 12.1 Å². The van der Waals surface area contributed by atoms with Crippen molar-refractivity contribution in [2.24, 2.45) is 11.8 Å². The number of rotatable bonds is 12. The highest BCUT2D eigenvalue weighted by molar-refractivity contribution is 7.09. The zero-order valence-corrected chi connectivity index (χ0v) is 21.1. The average Bonchev–Trinajstić information content (AvgIpc) is 3.39. The topological polar surface area (TPSA) is 95.8 Å². The number of aliphatic hydroxyl groups is 1. The monoisotopic (exact) mass is 497 g/mol. The van der Waals surface area contributed by atoms with E-state index in [0.717, 1.165) is 67.5 Å². The predicted octanol–water partition coefficient (Wildman–Crippen LogP) is 4.95. The number of ether oxygens (including phenoxy) is 1. The number of aryl methyl sites for hydroxylation is 1. The van der Waals surface area contributed by atoms with Crippen molar-refractivity contribution in [3.8, 4) is 5.75 Å². The maximum atomic E-state index is 11.3. The van der Waals surface area contributed by atoms with Gasteiger partial charge in [0.2, 0.25) is 0 Å². The summed E-state index contributed by atoms with van der Waals surface area (Å²) in [7, 11) is 1.64. The number of hydrogen-bond acceptors (Lipinski definition) is 7. The lowest BCUT2D eigenvalue weighted by molar-refractivity contribution is -0.137. The Kier molecular flexibility index (Phi) is 9.06. The van der Waals surface area contributed by atoms with Crippen LogP contribution in [0.2, 0.25) is 0 Å². The molecular formula is C27H35N3O4S. The third kappa shape index (κ3) is 6.99. The first-order chi connectivity index (χ1) is 17.0. The maximum Gasteiger partial charge on any atom is 0.303 e. The Balaban J connectivity index is 1.36. The van der Waals surface area contributed by atoms with Crippen molar-refractivity contribution >= 4 is 28.2 Å². The van der Waals surface area contributed by atoms with Crippen LogP contribution in [0, 0.1) is 11.8 Å². The quantitative estimate of drug-likeness (QED) is 0.365. The molecule has 1 aliphatic rings. The lowest BCUT2D eigenvalue weighted by Gasteiger charge is -2.39. The first-order valence-corrected chi connectivity index (χ1v) is 13.3. The van der Waals surface area contributed by atoms with E-state index in [4.69, 9.17) is 4.74 Å². The molecule has 8 heteroatoms. The smallest absolute Gasteiger partial charge is 0.303 e.